The van der Waals surface area contributed by atoms with Crippen molar-refractivity contribution in [3.63, 3.8) is 0 Å². The first-order valence-electron chi connectivity index (χ1n) is 6.90. The number of amides is 1. The predicted octanol–water partition coefficient (Wildman–Crippen LogP) is 0.605. The van der Waals surface area contributed by atoms with Gasteiger partial charge < -0.3 is 15.3 Å². The van der Waals surface area contributed by atoms with E-state index in [4.69, 9.17) is 0 Å². The Hall–Kier alpha value is -0.610. The van der Waals surface area contributed by atoms with Crippen molar-refractivity contribution in [2.45, 2.75) is 38.7 Å². The van der Waals surface area contributed by atoms with Crippen molar-refractivity contribution in [1.82, 2.24) is 10.2 Å². The van der Waals surface area contributed by atoms with E-state index < -0.39 is 0 Å². The summed E-state index contributed by atoms with van der Waals surface area (Å²) in [6.45, 7) is 5.43. The molecule has 0 spiro atoms. The van der Waals surface area contributed by atoms with Crippen LogP contribution in [0.2, 0.25) is 0 Å². The minimum atomic E-state index is -0.214. The van der Waals surface area contributed by atoms with Crippen LogP contribution in [0.3, 0.4) is 0 Å². The normalized spacial score (nSPS) is 34.7. The van der Waals surface area contributed by atoms with Crippen LogP contribution in [-0.4, -0.2) is 48.2 Å². The Balaban J connectivity index is 1.90. The van der Waals surface area contributed by atoms with E-state index in [9.17, 15) is 9.90 Å². The third-order valence-electron chi connectivity index (χ3n) is 4.18. The maximum absolute atomic E-state index is 12.3. The molecule has 2 fully saturated rings. The molecule has 98 valence electrons. The Morgan fingerprint density at radius 1 is 1.47 bits per heavy atom. The molecule has 3 atom stereocenters. The van der Waals surface area contributed by atoms with Gasteiger partial charge >= 0.3 is 0 Å². The van der Waals surface area contributed by atoms with Crippen LogP contribution in [0.1, 0.15) is 32.6 Å². The van der Waals surface area contributed by atoms with E-state index in [1.165, 1.54) is 0 Å². The summed E-state index contributed by atoms with van der Waals surface area (Å²) in [4.78, 5) is 14.3. The summed E-state index contributed by atoms with van der Waals surface area (Å²) in [5.74, 6) is 0.725. The molecular weight excluding hydrogens is 216 g/mol. The largest absolute Gasteiger partial charge is 0.393 e. The number of aliphatic hydroxyl groups is 1. The van der Waals surface area contributed by atoms with Crippen molar-refractivity contribution in [1.29, 1.82) is 0 Å². The molecule has 0 radical (unpaired) electrons. The lowest BCUT2D eigenvalue weighted by atomic mass is 9.90. The van der Waals surface area contributed by atoms with Gasteiger partial charge in [0.25, 0.3) is 0 Å². The number of carbonyl (C=O) groups excluding carboxylic acids is 1. The van der Waals surface area contributed by atoms with Crippen LogP contribution in [0.25, 0.3) is 0 Å². The van der Waals surface area contributed by atoms with Crippen molar-refractivity contribution in [2.24, 2.45) is 11.8 Å². The lowest BCUT2D eigenvalue weighted by Gasteiger charge is -2.38. The molecule has 0 aliphatic carbocycles. The molecule has 4 nitrogen and oxygen atoms in total. The van der Waals surface area contributed by atoms with Gasteiger partial charge in [0.2, 0.25) is 5.91 Å². The molecule has 2 rings (SSSR count). The average Bonchev–Trinajstić information content (AvgIpc) is 2.39. The van der Waals surface area contributed by atoms with Gasteiger partial charge in [0.05, 0.1) is 12.0 Å². The molecule has 0 saturated carbocycles. The zero-order valence-corrected chi connectivity index (χ0v) is 10.7. The maximum atomic E-state index is 12.3. The lowest BCUT2D eigenvalue weighted by Crippen LogP contribution is -2.50. The van der Waals surface area contributed by atoms with Crippen molar-refractivity contribution in [2.75, 3.05) is 26.2 Å². The summed E-state index contributed by atoms with van der Waals surface area (Å²) in [5, 5.41) is 13.1. The monoisotopic (exact) mass is 240 g/mol. The highest BCUT2D eigenvalue weighted by atomic mass is 16.3. The molecule has 1 amide bonds. The van der Waals surface area contributed by atoms with Crippen LogP contribution >= 0.6 is 0 Å². The standard InChI is InChI=1S/C13H24N2O2/c1-2-10-9-15(7-5-12(10)16)13(17)11-4-3-6-14-8-11/h10-12,14,16H,2-9H2,1H3/t10-,11+,12+/m1/s1. The molecule has 17 heavy (non-hydrogen) atoms. The van der Waals surface area contributed by atoms with E-state index in [1.54, 1.807) is 0 Å². The summed E-state index contributed by atoms with van der Waals surface area (Å²) in [6.07, 6.45) is 3.60. The molecule has 0 bridgehead atoms. The number of aliphatic hydroxyl groups excluding tert-OH is 1. The Morgan fingerprint density at radius 2 is 2.29 bits per heavy atom. The molecule has 2 heterocycles. The second-order valence-corrected chi connectivity index (χ2v) is 5.35. The first-order chi connectivity index (χ1) is 8.22. The second kappa shape index (κ2) is 5.83. The fourth-order valence-corrected chi connectivity index (χ4v) is 2.94. The number of piperidine rings is 2. The minimum absolute atomic E-state index is 0.163. The predicted molar refractivity (Wildman–Crippen MR) is 66.6 cm³/mol. The third kappa shape index (κ3) is 2.99. The average molecular weight is 240 g/mol. The molecule has 0 aromatic heterocycles. The number of likely N-dealkylation sites (tertiary alicyclic amines) is 1. The van der Waals surface area contributed by atoms with Gasteiger partial charge in [-0.25, -0.2) is 0 Å². The van der Waals surface area contributed by atoms with Crippen molar-refractivity contribution in [3.05, 3.63) is 0 Å². The number of nitrogens with one attached hydrogen (secondary N) is 1. The van der Waals surface area contributed by atoms with Crippen LogP contribution in [0.15, 0.2) is 0 Å². The van der Waals surface area contributed by atoms with Gasteiger partial charge in [0.15, 0.2) is 0 Å². The molecule has 2 saturated heterocycles. The number of hydrogen-bond acceptors (Lipinski definition) is 3. The zero-order chi connectivity index (χ0) is 12.3. The zero-order valence-electron chi connectivity index (χ0n) is 10.7. The van der Waals surface area contributed by atoms with E-state index in [0.717, 1.165) is 51.9 Å². The van der Waals surface area contributed by atoms with Gasteiger partial charge in [-0.2, -0.15) is 0 Å². The second-order valence-electron chi connectivity index (χ2n) is 5.35. The maximum Gasteiger partial charge on any atom is 0.226 e. The molecule has 0 unspecified atom stereocenters. The van der Waals surface area contributed by atoms with Crippen molar-refractivity contribution in [3.8, 4) is 0 Å². The minimum Gasteiger partial charge on any atom is -0.393 e. The summed E-state index contributed by atoms with van der Waals surface area (Å²) in [5.41, 5.74) is 0. The van der Waals surface area contributed by atoms with Gasteiger partial charge in [0.1, 0.15) is 0 Å². The highest BCUT2D eigenvalue weighted by Crippen LogP contribution is 2.23. The van der Waals surface area contributed by atoms with Gasteiger partial charge in [-0.05, 0) is 32.2 Å². The number of rotatable bonds is 2. The van der Waals surface area contributed by atoms with E-state index >= 15 is 0 Å². The summed E-state index contributed by atoms with van der Waals surface area (Å²) >= 11 is 0. The van der Waals surface area contributed by atoms with Crippen LogP contribution in [0.4, 0.5) is 0 Å². The van der Waals surface area contributed by atoms with Gasteiger partial charge in [-0.3, -0.25) is 4.79 Å². The van der Waals surface area contributed by atoms with Gasteiger partial charge in [-0.1, -0.05) is 6.92 Å². The van der Waals surface area contributed by atoms with Crippen LogP contribution in [0.5, 0.6) is 0 Å². The van der Waals surface area contributed by atoms with Crippen molar-refractivity contribution < 1.29 is 9.90 Å². The van der Waals surface area contributed by atoms with E-state index in [2.05, 4.69) is 12.2 Å². The number of carbonyl (C=O) groups is 1. The van der Waals surface area contributed by atoms with E-state index in [1.807, 2.05) is 4.90 Å². The summed E-state index contributed by atoms with van der Waals surface area (Å²) in [7, 11) is 0. The number of nitrogens with zero attached hydrogens (tertiary/aromatic N) is 1. The van der Waals surface area contributed by atoms with E-state index in [-0.39, 0.29) is 17.9 Å². The highest BCUT2D eigenvalue weighted by molar-refractivity contribution is 5.79. The fraction of sp³-hybridized carbons (Fsp3) is 0.923. The van der Waals surface area contributed by atoms with Gasteiger partial charge in [0, 0.05) is 25.6 Å². The topological polar surface area (TPSA) is 52.6 Å². The molecule has 2 aliphatic heterocycles. The summed E-state index contributed by atoms with van der Waals surface area (Å²) in [6, 6.07) is 0. The fourth-order valence-electron chi connectivity index (χ4n) is 2.94. The highest BCUT2D eigenvalue weighted by Gasteiger charge is 2.32. The SMILES string of the molecule is CC[C@@H]1CN(C(=O)[C@H]2CCCNC2)CC[C@@H]1O. The number of hydrogen-bond donors (Lipinski definition) is 2. The van der Waals surface area contributed by atoms with E-state index in [0.29, 0.717) is 5.91 Å². The molecule has 2 N–H and O–H groups in total. The van der Waals surface area contributed by atoms with Gasteiger partial charge in [-0.15, -0.1) is 0 Å². The Morgan fingerprint density at radius 3 is 2.94 bits per heavy atom. The Kier molecular flexibility index (Phi) is 4.40. The van der Waals surface area contributed by atoms with Crippen LogP contribution in [0, 0.1) is 11.8 Å². The Bertz CT molecular complexity index is 264. The van der Waals surface area contributed by atoms with Crippen molar-refractivity contribution >= 4 is 5.91 Å². The smallest absolute Gasteiger partial charge is 0.226 e. The quantitative estimate of drug-likeness (QED) is 0.743. The Labute approximate surface area is 103 Å². The third-order valence-corrected chi connectivity index (χ3v) is 4.18. The molecular formula is C13H24N2O2. The lowest BCUT2D eigenvalue weighted by molar-refractivity contribution is -0.139. The summed E-state index contributed by atoms with van der Waals surface area (Å²) < 4.78 is 0. The molecule has 4 heteroatoms. The first-order valence-corrected chi connectivity index (χ1v) is 6.90. The van der Waals surface area contributed by atoms with Crippen LogP contribution < -0.4 is 5.32 Å². The molecule has 0 aromatic carbocycles. The molecule has 2 aliphatic rings. The van der Waals surface area contributed by atoms with Crippen LogP contribution in [-0.2, 0) is 4.79 Å². The first kappa shape index (κ1) is 12.8. The molecule has 0 aromatic rings.